The molecule has 9 heteroatoms. The van der Waals surface area contributed by atoms with Crippen LogP contribution in [0.4, 0.5) is 10.1 Å². The Hall–Kier alpha value is -1.97. The Balaban J connectivity index is 1.82. The highest BCUT2D eigenvalue weighted by atomic mass is 32.2. The minimum absolute atomic E-state index is 0.0111. The first-order valence-electron chi connectivity index (χ1n) is 9.34. The molecule has 1 heterocycles. The Bertz CT molecular complexity index is 1100. The van der Waals surface area contributed by atoms with E-state index >= 15 is 0 Å². The van der Waals surface area contributed by atoms with Crippen LogP contribution in [-0.2, 0) is 26.6 Å². The molecule has 1 aliphatic rings. The second-order valence-corrected chi connectivity index (χ2v) is 11.6. The largest absolute Gasteiger partial charge is 0.284 e. The molecule has 6 nitrogen and oxygen atoms in total. The lowest BCUT2D eigenvalue weighted by Crippen LogP contribution is -2.47. The summed E-state index contributed by atoms with van der Waals surface area (Å²) in [5, 5.41) is -0.458. The molecule has 1 saturated heterocycles. The van der Waals surface area contributed by atoms with E-state index in [2.05, 4.69) is 4.72 Å². The molecule has 0 amide bonds. The molecule has 0 bridgehead atoms. The van der Waals surface area contributed by atoms with Crippen molar-refractivity contribution in [3.63, 3.8) is 0 Å². The fourth-order valence-electron chi connectivity index (χ4n) is 3.46. The van der Waals surface area contributed by atoms with Crippen molar-refractivity contribution in [3.8, 4) is 11.1 Å². The Kier molecular flexibility index (Phi) is 6.03. The Morgan fingerprint density at radius 2 is 1.69 bits per heavy atom. The Morgan fingerprint density at radius 3 is 2.28 bits per heavy atom. The molecule has 1 aliphatic heterocycles. The van der Waals surface area contributed by atoms with Crippen molar-refractivity contribution < 1.29 is 21.2 Å². The van der Waals surface area contributed by atoms with Crippen LogP contribution in [0.25, 0.3) is 11.1 Å². The average molecular weight is 441 g/mol. The van der Waals surface area contributed by atoms with Crippen molar-refractivity contribution in [1.29, 1.82) is 0 Å². The standard InChI is InChI=1S/C20H25FN2O4S2/c1-14-4-5-15(2)29(26,27)23(14)13-18-7-6-17(12-20(18)21)16-8-10-19(11-9-16)22-28(3,24)25/h6-12,14-15,22H,4-5,13H2,1-3H3/t14-,15?/m0/s1. The summed E-state index contributed by atoms with van der Waals surface area (Å²) in [6.45, 7) is 3.55. The van der Waals surface area contributed by atoms with E-state index in [1.54, 1.807) is 43.3 Å². The van der Waals surface area contributed by atoms with Gasteiger partial charge in [0.2, 0.25) is 20.0 Å². The van der Waals surface area contributed by atoms with Gasteiger partial charge >= 0.3 is 0 Å². The molecule has 2 atom stereocenters. The molecule has 0 aliphatic carbocycles. The molecular weight excluding hydrogens is 415 g/mol. The fraction of sp³-hybridized carbons (Fsp3) is 0.400. The number of sulfonamides is 2. The first-order chi connectivity index (χ1) is 13.5. The predicted molar refractivity (Wildman–Crippen MR) is 113 cm³/mol. The third-order valence-corrected chi connectivity index (χ3v) is 8.22. The van der Waals surface area contributed by atoms with Crippen LogP contribution in [-0.4, -0.2) is 38.7 Å². The second-order valence-electron chi connectivity index (χ2n) is 7.58. The van der Waals surface area contributed by atoms with Gasteiger partial charge in [0.1, 0.15) is 5.82 Å². The predicted octanol–water partition coefficient (Wildman–Crippen LogP) is 3.57. The van der Waals surface area contributed by atoms with Crippen LogP contribution >= 0.6 is 0 Å². The lowest BCUT2D eigenvalue weighted by molar-refractivity contribution is 0.281. The summed E-state index contributed by atoms with van der Waals surface area (Å²) in [5.74, 6) is -0.471. The lowest BCUT2D eigenvalue weighted by atomic mass is 10.0. The maximum absolute atomic E-state index is 14.8. The molecule has 1 N–H and O–H groups in total. The van der Waals surface area contributed by atoms with Crippen LogP contribution < -0.4 is 4.72 Å². The molecule has 0 radical (unpaired) electrons. The summed E-state index contributed by atoms with van der Waals surface area (Å²) < 4.78 is 66.3. The quantitative estimate of drug-likeness (QED) is 0.771. The third kappa shape index (κ3) is 4.96. The number of rotatable bonds is 5. The highest BCUT2D eigenvalue weighted by Crippen LogP contribution is 2.30. The molecular formula is C20H25FN2O4S2. The van der Waals surface area contributed by atoms with Crippen LogP contribution in [0.3, 0.4) is 0 Å². The molecule has 2 aromatic rings. The first-order valence-corrected chi connectivity index (χ1v) is 12.7. The van der Waals surface area contributed by atoms with Gasteiger partial charge in [-0.2, -0.15) is 4.31 Å². The lowest BCUT2D eigenvalue weighted by Gasteiger charge is -2.36. The number of nitrogens with zero attached hydrogens (tertiary/aromatic N) is 1. The maximum atomic E-state index is 14.8. The summed E-state index contributed by atoms with van der Waals surface area (Å²) in [6, 6.07) is 11.2. The third-order valence-electron chi connectivity index (χ3n) is 5.22. The van der Waals surface area contributed by atoms with Gasteiger partial charge in [0, 0.05) is 23.8 Å². The molecule has 0 aromatic heterocycles. The molecule has 158 valence electrons. The number of nitrogens with one attached hydrogen (secondary N) is 1. The highest BCUT2D eigenvalue weighted by molar-refractivity contribution is 7.92. The van der Waals surface area contributed by atoms with Gasteiger partial charge in [-0.25, -0.2) is 21.2 Å². The van der Waals surface area contributed by atoms with Crippen molar-refractivity contribution in [2.24, 2.45) is 0 Å². The smallest absolute Gasteiger partial charge is 0.229 e. The summed E-state index contributed by atoms with van der Waals surface area (Å²) in [5.41, 5.74) is 2.10. The second kappa shape index (κ2) is 8.04. The average Bonchev–Trinajstić information content (AvgIpc) is 2.62. The summed E-state index contributed by atoms with van der Waals surface area (Å²) in [6.07, 6.45) is 2.44. The fourth-order valence-corrected chi connectivity index (χ4v) is 5.85. The molecule has 2 aromatic carbocycles. The van der Waals surface area contributed by atoms with E-state index in [1.165, 1.54) is 10.4 Å². The van der Waals surface area contributed by atoms with Gasteiger partial charge in [-0.3, -0.25) is 4.72 Å². The molecule has 1 unspecified atom stereocenters. The number of anilines is 1. The topological polar surface area (TPSA) is 83.6 Å². The van der Waals surface area contributed by atoms with Gasteiger partial charge < -0.3 is 0 Å². The Morgan fingerprint density at radius 1 is 1.07 bits per heavy atom. The van der Waals surface area contributed by atoms with E-state index in [0.717, 1.165) is 18.2 Å². The Labute approximate surface area is 171 Å². The summed E-state index contributed by atoms with van der Waals surface area (Å²) in [7, 11) is -6.80. The van der Waals surface area contributed by atoms with E-state index in [0.29, 0.717) is 23.2 Å². The maximum Gasteiger partial charge on any atom is 0.229 e. The number of hydrogen-bond acceptors (Lipinski definition) is 4. The van der Waals surface area contributed by atoms with Crippen molar-refractivity contribution >= 4 is 25.7 Å². The van der Waals surface area contributed by atoms with E-state index < -0.39 is 31.1 Å². The zero-order chi connectivity index (χ0) is 21.4. The minimum Gasteiger partial charge on any atom is -0.284 e. The van der Waals surface area contributed by atoms with Gasteiger partial charge in [0.05, 0.1) is 11.5 Å². The van der Waals surface area contributed by atoms with Gasteiger partial charge in [-0.15, -0.1) is 0 Å². The van der Waals surface area contributed by atoms with Crippen LogP contribution in [0.5, 0.6) is 0 Å². The normalized spacial score (nSPS) is 22.3. The van der Waals surface area contributed by atoms with Crippen molar-refractivity contribution in [2.45, 2.75) is 44.5 Å². The first kappa shape index (κ1) is 21.7. The van der Waals surface area contributed by atoms with Crippen molar-refractivity contribution in [2.75, 3.05) is 11.0 Å². The molecule has 0 spiro atoms. The van der Waals surface area contributed by atoms with Crippen LogP contribution in [0.2, 0.25) is 0 Å². The number of halogens is 1. The monoisotopic (exact) mass is 440 g/mol. The van der Waals surface area contributed by atoms with E-state index in [1.807, 2.05) is 6.92 Å². The van der Waals surface area contributed by atoms with E-state index in [-0.39, 0.29) is 12.6 Å². The molecule has 0 saturated carbocycles. The molecule has 29 heavy (non-hydrogen) atoms. The highest BCUT2D eigenvalue weighted by Gasteiger charge is 2.37. The van der Waals surface area contributed by atoms with Gasteiger partial charge in [0.15, 0.2) is 0 Å². The number of hydrogen-bond donors (Lipinski definition) is 1. The van der Waals surface area contributed by atoms with Gasteiger partial charge in [0.25, 0.3) is 0 Å². The van der Waals surface area contributed by atoms with Crippen molar-refractivity contribution in [1.82, 2.24) is 4.31 Å². The van der Waals surface area contributed by atoms with Crippen molar-refractivity contribution in [3.05, 3.63) is 53.8 Å². The summed E-state index contributed by atoms with van der Waals surface area (Å²) >= 11 is 0. The van der Waals surface area contributed by atoms with Crippen LogP contribution in [0.15, 0.2) is 42.5 Å². The minimum atomic E-state index is -3.44. The summed E-state index contributed by atoms with van der Waals surface area (Å²) in [4.78, 5) is 0. The van der Waals surface area contributed by atoms with Crippen LogP contribution in [0, 0.1) is 5.82 Å². The molecule has 3 rings (SSSR count). The van der Waals surface area contributed by atoms with Gasteiger partial charge in [-0.1, -0.05) is 24.3 Å². The zero-order valence-corrected chi connectivity index (χ0v) is 18.2. The van der Waals surface area contributed by atoms with E-state index in [4.69, 9.17) is 0 Å². The SMILES string of the molecule is CC1CC[C@H](C)N(Cc2ccc(-c3ccc(NS(C)(=O)=O)cc3)cc2F)S1(=O)=O. The van der Waals surface area contributed by atoms with Gasteiger partial charge in [-0.05, 0) is 56.0 Å². The van der Waals surface area contributed by atoms with Crippen LogP contribution in [0.1, 0.15) is 32.3 Å². The molecule has 1 fully saturated rings. The zero-order valence-electron chi connectivity index (χ0n) is 16.6. The number of benzene rings is 2. The van der Waals surface area contributed by atoms with E-state index in [9.17, 15) is 21.2 Å².